The van der Waals surface area contributed by atoms with Crippen molar-refractivity contribution < 1.29 is 0 Å². The summed E-state index contributed by atoms with van der Waals surface area (Å²) in [5.41, 5.74) is 5.45. The topological polar surface area (TPSA) is 38.7 Å². The molecule has 206 valence electrons. The van der Waals surface area contributed by atoms with E-state index in [9.17, 15) is 0 Å². The lowest BCUT2D eigenvalue weighted by atomic mass is 9.98. The Morgan fingerprint density at radius 2 is 0.864 bits per heavy atom. The fraction of sp³-hybridized carbons (Fsp3) is 0. The maximum atomic E-state index is 4.95. The van der Waals surface area contributed by atoms with Gasteiger partial charge in [0.05, 0.1) is 0 Å². The molecule has 0 aliphatic rings. The van der Waals surface area contributed by atoms with Crippen LogP contribution in [0.4, 0.5) is 0 Å². The molecule has 5 heteroatoms. The van der Waals surface area contributed by atoms with Crippen LogP contribution in [0.2, 0.25) is 0 Å². The summed E-state index contributed by atoms with van der Waals surface area (Å²) in [4.78, 5) is 14.7. The standard InChI is InChI=1S/C39H23N3S2/c1-3-10-24(11-4-1)37-40-38(25-12-5-2-6-13-25)42-39(41-37)27-19-21-30-29-20-18-26(22-34(29)44-35(30)23-27)28-15-9-17-33-36(28)31-14-7-8-16-32(31)43-33/h1-23H. The van der Waals surface area contributed by atoms with Crippen molar-refractivity contribution >= 4 is 63.0 Å². The van der Waals surface area contributed by atoms with Gasteiger partial charge in [-0.3, -0.25) is 0 Å². The summed E-state index contributed by atoms with van der Waals surface area (Å²) >= 11 is 3.69. The zero-order chi connectivity index (χ0) is 29.0. The molecule has 0 aliphatic heterocycles. The molecule has 0 N–H and O–H groups in total. The molecule has 0 radical (unpaired) electrons. The predicted octanol–water partition coefficient (Wildman–Crippen LogP) is 11.3. The third-order valence-corrected chi connectivity index (χ3v) is 10.4. The van der Waals surface area contributed by atoms with E-state index in [0.717, 1.165) is 16.7 Å². The Kier molecular flexibility index (Phi) is 5.86. The molecule has 9 rings (SSSR count). The lowest BCUT2D eigenvalue weighted by molar-refractivity contribution is 1.07. The molecule has 6 aromatic carbocycles. The van der Waals surface area contributed by atoms with Gasteiger partial charge in [-0.1, -0.05) is 115 Å². The van der Waals surface area contributed by atoms with Crippen LogP contribution >= 0.6 is 22.7 Å². The number of nitrogens with zero attached hydrogens (tertiary/aromatic N) is 3. The average Bonchev–Trinajstić information content (AvgIpc) is 3.66. The summed E-state index contributed by atoms with van der Waals surface area (Å²) in [5.74, 6) is 2.02. The van der Waals surface area contributed by atoms with Crippen LogP contribution in [0.3, 0.4) is 0 Å². The van der Waals surface area contributed by atoms with Crippen LogP contribution in [0.25, 0.3) is 85.6 Å². The van der Waals surface area contributed by atoms with E-state index in [4.69, 9.17) is 15.0 Å². The van der Waals surface area contributed by atoms with Gasteiger partial charge in [-0.2, -0.15) is 0 Å². The number of rotatable bonds is 4. The van der Waals surface area contributed by atoms with E-state index in [-0.39, 0.29) is 0 Å². The molecule has 3 nitrogen and oxygen atoms in total. The summed E-state index contributed by atoms with van der Waals surface area (Å²) in [5, 5.41) is 5.19. The van der Waals surface area contributed by atoms with Gasteiger partial charge in [-0.15, -0.1) is 22.7 Å². The van der Waals surface area contributed by atoms with Crippen LogP contribution in [0.15, 0.2) is 140 Å². The van der Waals surface area contributed by atoms with E-state index in [2.05, 4.69) is 78.9 Å². The van der Waals surface area contributed by atoms with Crippen LogP contribution in [0.1, 0.15) is 0 Å². The first-order chi connectivity index (χ1) is 21.8. The first kappa shape index (κ1) is 25.3. The number of fused-ring (bicyclic) bond motifs is 6. The minimum Gasteiger partial charge on any atom is -0.208 e. The fourth-order valence-electron chi connectivity index (χ4n) is 6.04. The molecule has 0 fully saturated rings. The number of benzene rings is 6. The molecule has 0 saturated heterocycles. The highest BCUT2D eigenvalue weighted by Crippen LogP contribution is 2.43. The fourth-order valence-corrected chi connectivity index (χ4v) is 8.35. The third-order valence-electron chi connectivity index (χ3n) is 8.14. The second kappa shape index (κ2) is 10.2. The predicted molar refractivity (Wildman–Crippen MR) is 187 cm³/mol. The largest absolute Gasteiger partial charge is 0.208 e. The van der Waals surface area contributed by atoms with Crippen LogP contribution in [0, 0.1) is 0 Å². The Morgan fingerprint density at radius 3 is 1.55 bits per heavy atom. The molecular formula is C39H23N3S2. The molecule has 44 heavy (non-hydrogen) atoms. The highest BCUT2D eigenvalue weighted by Gasteiger charge is 2.15. The summed E-state index contributed by atoms with van der Waals surface area (Å²) in [6, 6.07) is 49.1. The molecule has 0 aliphatic carbocycles. The summed E-state index contributed by atoms with van der Waals surface area (Å²) in [6.07, 6.45) is 0. The monoisotopic (exact) mass is 597 g/mol. The average molecular weight is 598 g/mol. The Bertz CT molecular complexity index is 2440. The molecule has 3 heterocycles. The van der Waals surface area contributed by atoms with E-state index in [1.54, 1.807) is 0 Å². The van der Waals surface area contributed by atoms with Gasteiger partial charge in [0.2, 0.25) is 0 Å². The zero-order valence-electron chi connectivity index (χ0n) is 23.4. The maximum absolute atomic E-state index is 4.95. The molecule has 0 atom stereocenters. The van der Waals surface area contributed by atoms with E-state index in [1.165, 1.54) is 51.5 Å². The lowest BCUT2D eigenvalue weighted by Crippen LogP contribution is -1.99. The maximum Gasteiger partial charge on any atom is 0.164 e. The number of aromatic nitrogens is 3. The smallest absolute Gasteiger partial charge is 0.164 e. The molecule has 0 amide bonds. The van der Waals surface area contributed by atoms with Crippen LogP contribution in [-0.4, -0.2) is 15.0 Å². The summed E-state index contributed by atoms with van der Waals surface area (Å²) in [7, 11) is 0. The van der Waals surface area contributed by atoms with Crippen molar-refractivity contribution in [3.05, 3.63) is 140 Å². The minimum absolute atomic E-state index is 0.672. The van der Waals surface area contributed by atoms with Crippen molar-refractivity contribution in [3.8, 4) is 45.3 Å². The van der Waals surface area contributed by atoms with Crippen molar-refractivity contribution in [2.24, 2.45) is 0 Å². The van der Waals surface area contributed by atoms with E-state index >= 15 is 0 Å². The van der Waals surface area contributed by atoms with E-state index in [0.29, 0.717) is 17.5 Å². The van der Waals surface area contributed by atoms with Crippen LogP contribution in [-0.2, 0) is 0 Å². The Morgan fingerprint density at radius 1 is 0.341 bits per heavy atom. The SMILES string of the molecule is c1ccc(-c2nc(-c3ccccc3)nc(-c3ccc4c(c3)sc3cc(-c5cccc6sc7ccccc7c56)ccc34)n2)cc1. The van der Waals surface area contributed by atoms with Crippen molar-refractivity contribution in [2.75, 3.05) is 0 Å². The number of hydrogen-bond donors (Lipinski definition) is 0. The Hall–Kier alpha value is -5.23. The zero-order valence-corrected chi connectivity index (χ0v) is 25.1. The van der Waals surface area contributed by atoms with Gasteiger partial charge < -0.3 is 0 Å². The Balaban J connectivity index is 1.18. The minimum atomic E-state index is 0.672. The first-order valence-electron chi connectivity index (χ1n) is 14.5. The van der Waals surface area contributed by atoms with Gasteiger partial charge in [-0.25, -0.2) is 15.0 Å². The van der Waals surface area contributed by atoms with Crippen LogP contribution in [0.5, 0.6) is 0 Å². The summed E-state index contributed by atoms with van der Waals surface area (Å²) < 4.78 is 5.15. The second-order valence-electron chi connectivity index (χ2n) is 10.8. The molecule has 0 unspecified atom stereocenters. The van der Waals surface area contributed by atoms with Gasteiger partial charge in [0.25, 0.3) is 0 Å². The number of hydrogen-bond acceptors (Lipinski definition) is 5. The number of thiophene rings is 2. The Labute approximate surface area is 261 Å². The van der Waals surface area contributed by atoms with Crippen molar-refractivity contribution in [3.63, 3.8) is 0 Å². The van der Waals surface area contributed by atoms with Gasteiger partial charge in [0.15, 0.2) is 17.5 Å². The third kappa shape index (κ3) is 4.21. The van der Waals surface area contributed by atoms with Crippen molar-refractivity contribution in [1.29, 1.82) is 0 Å². The first-order valence-corrected chi connectivity index (χ1v) is 16.2. The highest BCUT2D eigenvalue weighted by atomic mass is 32.1. The molecule has 0 saturated carbocycles. The lowest BCUT2D eigenvalue weighted by Gasteiger charge is -2.08. The van der Waals surface area contributed by atoms with Gasteiger partial charge in [0, 0.05) is 57.0 Å². The van der Waals surface area contributed by atoms with Gasteiger partial charge in [-0.05, 0) is 35.4 Å². The quantitative estimate of drug-likeness (QED) is 0.203. The molecule has 9 aromatic rings. The van der Waals surface area contributed by atoms with Crippen molar-refractivity contribution in [2.45, 2.75) is 0 Å². The summed E-state index contributed by atoms with van der Waals surface area (Å²) in [6.45, 7) is 0. The molecule has 3 aromatic heterocycles. The molecule has 0 bridgehead atoms. The normalized spacial score (nSPS) is 11.6. The van der Waals surface area contributed by atoms with E-state index in [1.807, 2.05) is 83.3 Å². The van der Waals surface area contributed by atoms with E-state index < -0.39 is 0 Å². The second-order valence-corrected chi connectivity index (χ2v) is 13.0. The van der Waals surface area contributed by atoms with Crippen LogP contribution < -0.4 is 0 Å². The highest BCUT2D eigenvalue weighted by molar-refractivity contribution is 7.26. The van der Waals surface area contributed by atoms with Gasteiger partial charge in [0.1, 0.15) is 0 Å². The molecule has 0 spiro atoms. The van der Waals surface area contributed by atoms with Gasteiger partial charge >= 0.3 is 0 Å². The molecular weight excluding hydrogens is 575 g/mol. The van der Waals surface area contributed by atoms with Crippen molar-refractivity contribution in [1.82, 2.24) is 15.0 Å².